The number of aliphatic hydroxyl groups excluding tert-OH is 3. The summed E-state index contributed by atoms with van der Waals surface area (Å²) in [4.78, 5) is 39.4. The number of amides is 3. The number of anilines is 1. The number of carbonyl (C=O) groups is 3. The van der Waals surface area contributed by atoms with Crippen molar-refractivity contribution in [2.75, 3.05) is 18.6 Å². The summed E-state index contributed by atoms with van der Waals surface area (Å²) in [6.07, 6.45) is -2.81. The number of hydrogen-bond acceptors (Lipinski definition) is 11. The van der Waals surface area contributed by atoms with Crippen LogP contribution in [0.15, 0.2) is 35.9 Å². The molecule has 3 amide bonds. The van der Waals surface area contributed by atoms with E-state index in [0.717, 1.165) is 16.0 Å². The fourth-order valence-electron chi connectivity index (χ4n) is 6.89. The van der Waals surface area contributed by atoms with Gasteiger partial charge in [-0.15, -0.1) is 0 Å². The maximum absolute atomic E-state index is 14.3. The molecule has 0 aromatic heterocycles. The van der Waals surface area contributed by atoms with Crippen LogP contribution in [0.4, 0.5) is 15.3 Å². The number of fused-ring (bicyclic) bond motifs is 5. The zero-order valence-corrected chi connectivity index (χ0v) is 28.1. The average molecular weight is 694 g/mol. The van der Waals surface area contributed by atoms with E-state index in [1.807, 2.05) is 39.0 Å². The van der Waals surface area contributed by atoms with Crippen molar-refractivity contribution in [2.24, 2.45) is 11.7 Å². The largest absolute Gasteiger partial charge is 0.495 e. The lowest BCUT2D eigenvalue weighted by Crippen LogP contribution is -2.65. The Hall–Kier alpha value is -3.40. The van der Waals surface area contributed by atoms with Gasteiger partial charge in [-0.2, -0.15) is 0 Å². The minimum Gasteiger partial charge on any atom is -0.495 e. The van der Waals surface area contributed by atoms with Gasteiger partial charge in [-0.05, 0) is 50.8 Å². The molecule has 0 spiro atoms. The van der Waals surface area contributed by atoms with Crippen molar-refractivity contribution in [1.82, 2.24) is 5.32 Å². The first-order valence-corrected chi connectivity index (χ1v) is 16.4. The number of aliphatic hydroxyl groups is 3. The van der Waals surface area contributed by atoms with Gasteiger partial charge >= 0.3 is 12.2 Å². The third-order valence-corrected chi connectivity index (χ3v) is 9.91. The Morgan fingerprint density at radius 3 is 2.69 bits per heavy atom. The van der Waals surface area contributed by atoms with E-state index in [-0.39, 0.29) is 53.5 Å². The van der Waals surface area contributed by atoms with Crippen LogP contribution in [0.2, 0.25) is 5.02 Å². The first kappa shape index (κ1) is 35.9. The first-order valence-electron chi connectivity index (χ1n) is 16.0. The van der Waals surface area contributed by atoms with E-state index in [1.165, 1.54) is 7.11 Å². The van der Waals surface area contributed by atoms with Crippen LogP contribution in [0.5, 0.6) is 5.75 Å². The number of benzene rings is 1. The Morgan fingerprint density at radius 1 is 1.25 bits per heavy atom. The Balaban J connectivity index is 1.55. The van der Waals surface area contributed by atoms with Gasteiger partial charge in [0.25, 0.3) is 0 Å². The highest BCUT2D eigenvalue weighted by Crippen LogP contribution is 2.48. The molecule has 14 nitrogen and oxygen atoms in total. The topological polar surface area (TPSA) is 203 Å². The number of alkyl carbamates (subject to hydrolysis) is 1. The summed E-state index contributed by atoms with van der Waals surface area (Å²) >= 11 is 6.83. The lowest BCUT2D eigenvalue weighted by Gasteiger charge is -2.45. The van der Waals surface area contributed by atoms with Crippen molar-refractivity contribution >= 4 is 35.4 Å². The van der Waals surface area contributed by atoms with Gasteiger partial charge in [-0.3, -0.25) is 9.69 Å². The van der Waals surface area contributed by atoms with Crippen LogP contribution in [-0.4, -0.2) is 102 Å². The molecule has 4 bridgehead atoms. The first-order chi connectivity index (χ1) is 22.8. The molecular weight excluding hydrogens is 650 g/mol. The predicted octanol–water partition coefficient (Wildman–Crippen LogP) is 2.47. The summed E-state index contributed by atoms with van der Waals surface area (Å²) in [6.45, 7) is 5.04. The summed E-state index contributed by atoms with van der Waals surface area (Å²) in [7, 11) is 1.43. The van der Waals surface area contributed by atoms with Gasteiger partial charge in [0.05, 0.1) is 31.1 Å². The molecule has 48 heavy (non-hydrogen) atoms. The fraction of sp³-hybridized carbons (Fsp3) is 0.606. The van der Waals surface area contributed by atoms with E-state index in [1.54, 1.807) is 12.1 Å². The molecule has 4 heterocycles. The normalized spacial score (nSPS) is 37.6. The number of epoxide rings is 1. The van der Waals surface area contributed by atoms with Gasteiger partial charge in [0.15, 0.2) is 12.3 Å². The zero-order chi connectivity index (χ0) is 34.9. The van der Waals surface area contributed by atoms with E-state index in [2.05, 4.69) is 5.32 Å². The molecule has 1 aromatic rings. The van der Waals surface area contributed by atoms with E-state index in [4.69, 9.17) is 41.0 Å². The highest BCUT2D eigenvalue weighted by atomic mass is 35.5. The number of primary amides is 1. The monoisotopic (exact) mass is 693 g/mol. The summed E-state index contributed by atoms with van der Waals surface area (Å²) in [5.74, 6) is -0.447. The van der Waals surface area contributed by atoms with Crippen molar-refractivity contribution in [3.8, 4) is 5.75 Å². The van der Waals surface area contributed by atoms with Crippen LogP contribution in [0, 0.1) is 5.92 Å². The lowest BCUT2D eigenvalue weighted by atomic mass is 9.86. The van der Waals surface area contributed by atoms with Gasteiger partial charge in [-0.1, -0.05) is 42.3 Å². The second-order valence-corrected chi connectivity index (χ2v) is 13.5. The molecule has 264 valence electrons. The molecule has 15 heteroatoms. The molecule has 0 saturated carbocycles. The van der Waals surface area contributed by atoms with Gasteiger partial charge in [0.1, 0.15) is 35.2 Å². The van der Waals surface area contributed by atoms with E-state index >= 15 is 0 Å². The maximum Gasteiger partial charge on any atom is 0.407 e. The second-order valence-electron chi connectivity index (χ2n) is 13.1. The molecule has 4 aliphatic rings. The molecule has 1 aromatic carbocycles. The lowest BCUT2D eigenvalue weighted by molar-refractivity contribution is -0.227. The number of nitrogens with two attached hydrogens (primary N) is 1. The highest BCUT2D eigenvalue weighted by Gasteiger charge is 2.58. The quantitative estimate of drug-likeness (QED) is 0.290. The van der Waals surface area contributed by atoms with Gasteiger partial charge in [0, 0.05) is 24.8 Å². The average Bonchev–Trinajstić information content (AvgIpc) is 3.72. The number of carbonyl (C=O) groups excluding carboxylic acids is 3. The summed E-state index contributed by atoms with van der Waals surface area (Å²) in [6, 6.07) is 3.31. The van der Waals surface area contributed by atoms with E-state index in [9.17, 15) is 29.7 Å². The Morgan fingerprint density at radius 2 is 2.00 bits per heavy atom. The molecule has 7 unspecified atom stereocenters. The van der Waals surface area contributed by atoms with Crippen molar-refractivity contribution in [3.05, 3.63) is 46.5 Å². The van der Waals surface area contributed by atoms with Crippen LogP contribution in [0.3, 0.4) is 0 Å². The summed E-state index contributed by atoms with van der Waals surface area (Å²) < 4.78 is 28.3. The zero-order valence-electron chi connectivity index (χ0n) is 27.3. The second kappa shape index (κ2) is 14.6. The molecule has 3 saturated heterocycles. The standard InChI is InChI=1S/C33H44ClN3O11/c1-16-7-5-6-8-19-14-21(46-32(43)36-19)17(2)29-33(3,48-29)10-9-24(39)37(20-12-18(11-16)13-22(44-4)25(20)34)30-27(41)26(40)28(47-31(35)42)23(15-38)45-30/h5-7,12-13,17,19,21,23,26-30,38,40-41H,8-11,14-15H2,1-4H3,(H2,35,42)(H,36,43)/b6-5+,16-7+/t17-,19?,21?,23?,26?,27?,28?,29+,30?,33+/m1/s1. The van der Waals surface area contributed by atoms with Crippen molar-refractivity contribution in [2.45, 2.75) is 107 Å². The van der Waals surface area contributed by atoms with Crippen LogP contribution in [-0.2, 0) is 30.2 Å². The number of nitrogens with zero attached hydrogens (tertiary/aromatic N) is 1. The molecule has 0 aliphatic carbocycles. The molecule has 5 rings (SSSR count). The molecule has 3 fully saturated rings. The summed E-state index contributed by atoms with van der Waals surface area (Å²) in [5, 5.41) is 35.4. The van der Waals surface area contributed by atoms with Crippen LogP contribution in [0.25, 0.3) is 0 Å². The van der Waals surface area contributed by atoms with Gasteiger partial charge in [0.2, 0.25) is 5.91 Å². The van der Waals surface area contributed by atoms with Gasteiger partial charge in [-0.25, -0.2) is 9.59 Å². The van der Waals surface area contributed by atoms with Crippen LogP contribution < -0.4 is 20.7 Å². The number of methoxy groups -OCH3 is 1. The molecule has 0 radical (unpaired) electrons. The molecule has 10 atom stereocenters. The number of nitrogens with one attached hydrogen (secondary N) is 1. The number of allylic oxidation sites excluding steroid dienone is 3. The third kappa shape index (κ3) is 7.58. The number of ether oxygens (including phenoxy) is 5. The molecule has 6 N–H and O–H groups in total. The Bertz CT molecular complexity index is 1450. The minimum absolute atomic E-state index is 0.0466. The van der Waals surface area contributed by atoms with Crippen LogP contribution >= 0.6 is 11.6 Å². The van der Waals surface area contributed by atoms with E-state index in [0.29, 0.717) is 19.3 Å². The number of rotatable bonds is 4. The maximum atomic E-state index is 14.3. The third-order valence-electron chi connectivity index (χ3n) is 9.53. The highest BCUT2D eigenvalue weighted by molar-refractivity contribution is 6.35. The van der Waals surface area contributed by atoms with Gasteiger partial charge < -0.3 is 50.1 Å². The van der Waals surface area contributed by atoms with E-state index < -0.39 is 60.9 Å². The Labute approximate surface area is 283 Å². The predicted molar refractivity (Wildman–Crippen MR) is 172 cm³/mol. The minimum atomic E-state index is -1.82. The van der Waals surface area contributed by atoms with Crippen molar-refractivity contribution in [3.63, 3.8) is 0 Å². The fourth-order valence-corrected chi connectivity index (χ4v) is 7.17. The number of halogens is 1. The van der Waals surface area contributed by atoms with Crippen LogP contribution in [0.1, 0.15) is 52.0 Å². The summed E-state index contributed by atoms with van der Waals surface area (Å²) in [5.41, 5.74) is 6.25. The Kier molecular flexibility index (Phi) is 10.9. The number of hydrogen-bond donors (Lipinski definition) is 5. The SMILES string of the molecule is COc1cc2cc(c1Cl)N(C1OC(CO)C(OC(N)=O)C(O)C1O)C(=O)CC[C@]1(C)O[C@H]1[C@H](C)C1CC(C/C=C/C=C(\C)C2)NC(=O)O1. The molecular formula is C33H44ClN3O11. The van der Waals surface area contributed by atoms with Crippen molar-refractivity contribution in [1.29, 1.82) is 0 Å². The molecule has 4 aliphatic heterocycles. The smallest absolute Gasteiger partial charge is 0.407 e. The van der Waals surface area contributed by atoms with Crippen molar-refractivity contribution < 1.29 is 53.4 Å².